The van der Waals surface area contributed by atoms with Gasteiger partial charge in [-0.25, -0.2) is 0 Å². The van der Waals surface area contributed by atoms with E-state index in [1.54, 1.807) is 0 Å². The Kier molecular flexibility index (Phi) is 3.06. The molecule has 18 heavy (non-hydrogen) atoms. The van der Waals surface area contributed by atoms with Crippen LogP contribution < -0.4 is 0 Å². The van der Waals surface area contributed by atoms with Crippen LogP contribution in [0.1, 0.15) is 19.4 Å². The first-order valence-corrected chi connectivity index (χ1v) is 7.41. The summed E-state index contributed by atoms with van der Waals surface area (Å²) in [4.78, 5) is 3.52. The minimum Gasteiger partial charge on any atom is -0.355 e. The molecule has 1 aromatic heterocycles. The summed E-state index contributed by atoms with van der Waals surface area (Å²) >= 11 is 2.37. The molecule has 0 spiro atoms. The van der Waals surface area contributed by atoms with Crippen LogP contribution in [0.3, 0.4) is 0 Å². The Labute approximate surface area is 121 Å². The van der Waals surface area contributed by atoms with Crippen LogP contribution in [0.5, 0.6) is 0 Å². The van der Waals surface area contributed by atoms with Gasteiger partial charge in [-0.1, -0.05) is 26.0 Å². The molecule has 0 radical (unpaired) electrons. The number of nitrogens with one attached hydrogen (secondary N) is 1. The van der Waals surface area contributed by atoms with Gasteiger partial charge in [-0.05, 0) is 64.8 Å². The summed E-state index contributed by atoms with van der Waals surface area (Å²) in [6.45, 7) is 4.52. The Bertz CT molecular complexity index is 710. The van der Waals surface area contributed by atoms with Gasteiger partial charge < -0.3 is 4.98 Å². The summed E-state index contributed by atoms with van der Waals surface area (Å²) in [5.41, 5.74) is 3.90. The molecule has 3 rings (SSSR count). The second kappa shape index (κ2) is 4.57. The highest BCUT2D eigenvalue weighted by atomic mass is 127. The third-order valence-corrected chi connectivity index (χ3v) is 3.94. The zero-order valence-electron chi connectivity index (χ0n) is 10.6. The molecular weight excluding hydrogens is 333 g/mol. The van der Waals surface area contributed by atoms with Gasteiger partial charge in [0.05, 0.1) is 0 Å². The zero-order chi connectivity index (χ0) is 12.7. The topological polar surface area (TPSA) is 15.8 Å². The van der Waals surface area contributed by atoms with Crippen LogP contribution in [0.2, 0.25) is 0 Å². The van der Waals surface area contributed by atoms with Gasteiger partial charge in [0.1, 0.15) is 0 Å². The van der Waals surface area contributed by atoms with Crippen molar-refractivity contribution in [2.75, 3.05) is 0 Å². The summed E-state index contributed by atoms with van der Waals surface area (Å²) < 4.78 is 1.28. The molecule has 0 aliphatic carbocycles. The molecule has 1 nitrogen and oxygen atoms in total. The number of aromatic amines is 1. The monoisotopic (exact) mass is 349 g/mol. The van der Waals surface area contributed by atoms with Crippen molar-refractivity contribution in [1.29, 1.82) is 0 Å². The molecule has 0 saturated heterocycles. The molecule has 0 amide bonds. The highest BCUT2D eigenvalue weighted by Crippen LogP contribution is 2.28. The van der Waals surface area contributed by atoms with E-state index in [0.717, 1.165) is 6.42 Å². The number of hydrogen-bond donors (Lipinski definition) is 1. The first kappa shape index (κ1) is 12.0. The lowest BCUT2D eigenvalue weighted by molar-refractivity contribution is 0.648. The van der Waals surface area contributed by atoms with Crippen LogP contribution >= 0.6 is 22.6 Å². The van der Waals surface area contributed by atoms with E-state index < -0.39 is 0 Å². The van der Waals surface area contributed by atoms with Gasteiger partial charge in [-0.2, -0.15) is 0 Å². The maximum Gasteiger partial charge on any atom is 0.0467 e. The lowest BCUT2D eigenvalue weighted by Gasteiger charge is -2.04. The second-order valence-electron chi connectivity index (χ2n) is 5.29. The van der Waals surface area contributed by atoms with Gasteiger partial charge in [-0.3, -0.25) is 0 Å². The van der Waals surface area contributed by atoms with E-state index >= 15 is 0 Å². The maximum atomic E-state index is 3.52. The number of aromatic nitrogens is 1. The summed E-state index contributed by atoms with van der Waals surface area (Å²) in [6, 6.07) is 13.4. The van der Waals surface area contributed by atoms with Crippen molar-refractivity contribution in [3.8, 4) is 0 Å². The third-order valence-electron chi connectivity index (χ3n) is 3.27. The van der Waals surface area contributed by atoms with E-state index in [2.05, 4.69) is 77.8 Å². The van der Waals surface area contributed by atoms with Crippen molar-refractivity contribution in [3.05, 3.63) is 45.5 Å². The van der Waals surface area contributed by atoms with E-state index in [4.69, 9.17) is 0 Å². The Morgan fingerprint density at radius 3 is 2.61 bits per heavy atom. The molecule has 2 aromatic carbocycles. The number of halogens is 1. The summed E-state index contributed by atoms with van der Waals surface area (Å²) in [5.74, 6) is 0.702. The van der Waals surface area contributed by atoms with Gasteiger partial charge in [-0.15, -0.1) is 0 Å². The quantitative estimate of drug-likeness (QED) is 0.618. The van der Waals surface area contributed by atoms with Crippen molar-refractivity contribution in [2.24, 2.45) is 5.92 Å². The summed E-state index contributed by atoms with van der Waals surface area (Å²) in [6.07, 6.45) is 1.14. The molecule has 0 saturated carbocycles. The number of fused-ring (bicyclic) bond motifs is 3. The van der Waals surface area contributed by atoms with Gasteiger partial charge in [0, 0.05) is 25.4 Å². The Balaban J connectivity index is 2.20. The molecule has 92 valence electrons. The highest BCUT2D eigenvalue weighted by molar-refractivity contribution is 14.1. The van der Waals surface area contributed by atoms with Gasteiger partial charge >= 0.3 is 0 Å². The lowest BCUT2D eigenvalue weighted by Crippen LogP contribution is -1.93. The van der Waals surface area contributed by atoms with Crippen molar-refractivity contribution in [2.45, 2.75) is 20.3 Å². The van der Waals surface area contributed by atoms with Crippen LogP contribution in [-0.2, 0) is 6.42 Å². The van der Waals surface area contributed by atoms with Gasteiger partial charge in [0.15, 0.2) is 0 Å². The minimum absolute atomic E-state index is 0.702. The van der Waals surface area contributed by atoms with E-state index in [1.807, 2.05) is 0 Å². The SMILES string of the molecule is CC(C)Cc1ccc2c(c1)[nH]c1ccc(I)cc12. The number of hydrogen-bond acceptors (Lipinski definition) is 0. The number of rotatable bonds is 2. The predicted molar refractivity (Wildman–Crippen MR) is 87.1 cm³/mol. The molecule has 0 atom stereocenters. The van der Waals surface area contributed by atoms with E-state index in [-0.39, 0.29) is 0 Å². The van der Waals surface area contributed by atoms with Crippen molar-refractivity contribution >= 4 is 44.4 Å². The molecule has 0 fully saturated rings. The first-order chi connectivity index (χ1) is 8.63. The molecule has 3 aromatic rings. The van der Waals surface area contributed by atoms with E-state index in [1.165, 1.54) is 30.9 Å². The Morgan fingerprint density at radius 2 is 1.83 bits per heavy atom. The highest BCUT2D eigenvalue weighted by Gasteiger charge is 2.06. The standard InChI is InChI=1S/C16H16IN/c1-10(2)7-11-3-5-13-14-9-12(17)4-6-15(14)18-16(13)8-11/h3-6,8-10,18H,7H2,1-2H3. The van der Waals surface area contributed by atoms with Gasteiger partial charge in [0.2, 0.25) is 0 Å². The molecule has 1 N–H and O–H groups in total. The Morgan fingerprint density at radius 1 is 1.00 bits per heavy atom. The van der Waals surface area contributed by atoms with Crippen LogP contribution in [0.25, 0.3) is 21.8 Å². The fourth-order valence-corrected chi connectivity index (χ4v) is 3.01. The molecule has 2 heteroatoms. The summed E-state index contributed by atoms with van der Waals surface area (Å²) in [7, 11) is 0. The van der Waals surface area contributed by atoms with Crippen molar-refractivity contribution < 1.29 is 0 Å². The largest absolute Gasteiger partial charge is 0.355 e. The van der Waals surface area contributed by atoms with Crippen molar-refractivity contribution in [3.63, 3.8) is 0 Å². The third kappa shape index (κ3) is 2.14. The molecule has 1 heterocycles. The fraction of sp³-hybridized carbons (Fsp3) is 0.250. The predicted octanol–water partition coefficient (Wildman–Crippen LogP) is 5.12. The van der Waals surface area contributed by atoms with Crippen LogP contribution in [0, 0.1) is 9.49 Å². The Hall–Kier alpha value is -1.03. The van der Waals surface area contributed by atoms with Crippen molar-refractivity contribution in [1.82, 2.24) is 4.98 Å². The minimum atomic E-state index is 0.702. The van der Waals surface area contributed by atoms with Gasteiger partial charge in [0.25, 0.3) is 0 Å². The first-order valence-electron chi connectivity index (χ1n) is 6.33. The average Bonchev–Trinajstić information content (AvgIpc) is 2.65. The second-order valence-corrected chi connectivity index (χ2v) is 6.54. The van der Waals surface area contributed by atoms with E-state index in [0.29, 0.717) is 5.92 Å². The number of H-pyrrole nitrogens is 1. The summed E-state index contributed by atoms with van der Waals surface area (Å²) in [5, 5.41) is 2.66. The molecule has 0 aliphatic rings. The van der Waals surface area contributed by atoms with E-state index in [9.17, 15) is 0 Å². The average molecular weight is 349 g/mol. The molecular formula is C16H16IN. The normalized spacial score (nSPS) is 11.8. The smallest absolute Gasteiger partial charge is 0.0467 e. The van der Waals surface area contributed by atoms with Crippen LogP contribution in [-0.4, -0.2) is 4.98 Å². The fourth-order valence-electron chi connectivity index (χ4n) is 2.52. The molecule has 0 bridgehead atoms. The molecule has 0 unspecified atom stereocenters. The lowest BCUT2D eigenvalue weighted by atomic mass is 10.0. The van der Waals surface area contributed by atoms with Crippen LogP contribution in [0.4, 0.5) is 0 Å². The zero-order valence-corrected chi connectivity index (χ0v) is 12.8. The van der Waals surface area contributed by atoms with Crippen LogP contribution in [0.15, 0.2) is 36.4 Å². The maximum absolute atomic E-state index is 3.52. The molecule has 0 aliphatic heterocycles. The number of benzene rings is 2.